The van der Waals surface area contributed by atoms with Crippen LogP contribution in [0.5, 0.6) is 0 Å². The first kappa shape index (κ1) is 15.3. The number of rotatable bonds is 6. The number of aromatic nitrogens is 2. The standard InChI is InChI=1S/C15H18N4OS2/c1-2-16-14-18-19-15(22-14)21-9-13(20)17-12-7-6-10-4-3-5-11(10)8-12/h6-8H,2-5,9H2,1H3,(H,16,18)(H,17,20). The Morgan fingerprint density at radius 2 is 2.18 bits per heavy atom. The van der Waals surface area contributed by atoms with Crippen molar-refractivity contribution in [2.24, 2.45) is 0 Å². The van der Waals surface area contributed by atoms with Gasteiger partial charge in [-0.1, -0.05) is 29.2 Å². The Balaban J connectivity index is 1.51. The van der Waals surface area contributed by atoms with E-state index in [0.717, 1.165) is 34.5 Å². The maximum absolute atomic E-state index is 12.0. The number of nitrogens with one attached hydrogen (secondary N) is 2. The van der Waals surface area contributed by atoms with E-state index in [1.54, 1.807) is 0 Å². The van der Waals surface area contributed by atoms with Crippen LogP contribution >= 0.6 is 23.1 Å². The molecule has 1 aromatic heterocycles. The topological polar surface area (TPSA) is 66.9 Å². The van der Waals surface area contributed by atoms with Gasteiger partial charge in [-0.2, -0.15) is 0 Å². The number of nitrogens with zero attached hydrogens (tertiary/aromatic N) is 2. The van der Waals surface area contributed by atoms with Crippen molar-refractivity contribution < 1.29 is 4.79 Å². The average Bonchev–Trinajstić information content (AvgIpc) is 3.14. The van der Waals surface area contributed by atoms with Crippen molar-refractivity contribution in [3.8, 4) is 0 Å². The van der Waals surface area contributed by atoms with Gasteiger partial charge in [-0.3, -0.25) is 4.79 Å². The molecule has 0 saturated carbocycles. The van der Waals surface area contributed by atoms with Crippen molar-refractivity contribution in [1.82, 2.24) is 10.2 Å². The first-order valence-corrected chi connectivity index (χ1v) is 9.16. The summed E-state index contributed by atoms with van der Waals surface area (Å²) in [5, 5.41) is 14.9. The number of fused-ring (bicyclic) bond motifs is 1. The molecule has 0 spiro atoms. The van der Waals surface area contributed by atoms with Crippen molar-refractivity contribution in [3.05, 3.63) is 29.3 Å². The minimum Gasteiger partial charge on any atom is -0.360 e. The molecule has 5 nitrogen and oxygen atoms in total. The van der Waals surface area contributed by atoms with E-state index in [1.807, 2.05) is 13.0 Å². The Morgan fingerprint density at radius 1 is 1.32 bits per heavy atom. The van der Waals surface area contributed by atoms with Gasteiger partial charge in [0.15, 0.2) is 4.34 Å². The lowest BCUT2D eigenvalue weighted by molar-refractivity contribution is -0.113. The van der Waals surface area contributed by atoms with Crippen LogP contribution in [-0.2, 0) is 17.6 Å². The summed E-state index contributed by atoms with van der Waals surface area (Å²) in [6.07, 6.45) is 3.49. The van der Waals surface area contributed by atoms with Crippen molar-refractivity contribution in [3.63, 3.8) is 0 Å². The molecule has 1 amide bonds. The molecule has 1 aliphatic rings. The third-order valence-electron chi connectivity index (χ3n) is 3.44. The zero-order valence-corrected chi connectivity index (χ0v) is 14.0. The molecule has 1 heterocycles. The van der Waals surface area contributed by atoms with E-state index in [-0.39, 0.29) is 5.91 Å². The fourth-order valence-corrected chi connectivity index (χ4v) is 4.08. The molecular weight excluding hydrogens is 316 g/mol. The van der Waals surface area contributed by atoms with E-state index < -0.39 is 0 Å². The normalized spacial score (nSPS) is 13.0. The first-order chi connectivity index (χ1) is 10.7. The highest BCUT2D eigenvalue weighted by molar-refractivity contribution is 8.01. The van der Waals surface area contributed by atoms with Crippen molar-refractivity contribution in [1.29, 1.82) is 0 Å². The van der Waals surface area contributed by atoms with Crippen LogP contribution in [0.3, 0.4) is 0 Å². The third kappa shape index (κ3) is 3.78. The number of carbonyl (C=O) groups is 1. The van der Waals surface area contributed by atoms with E-state index in [0.29, 0.717) is 5.75 Å². The van der Waals surface area contributed by atoms with Crippen molar-refractivity contribution in [2.45, 2.75) is 30.5 Å². The quantitative estimate of drug-likeness (QED) is 0.794. The number of hydrogen-bond acceptors (Lipinski definition) is 6. The second-order valence-corrected chi connectivity index (χ2v) is 7.28. The van der Waals surface area contributed by atoms with Crippen LogP contribution < -0.4 is 10.6 Å². The minimum absolute atomic E-state index is 0.0110. The molecule has 116 valence electrons. The second-order valence-electron chi connectivity index (χ2n) is 5.08. The molecule has 2 N–H and O–H groups in total. The summed E-state index contributed by atoms with van der Waals surface area (Å²) in [5.41, 5.74) is 3.67. The molecule has 22 heavy (non-hydrogen) atoms. The summed E-state index contributed by atoms with van der Waals surface area (Å²) >= 11 is 2.88. The Morgan fingerprint density at radius 3 is 3.05 bits per heavy atom. The van der Waals surface area contributed by atoms with E-state index in [4.69, 9.17) is 0 Å². The Hall–Kier alpha value is -1.60. The fraction of sp³-hybridized carbons (Fsp3) is 0.400. The molecule has 1 aromatic carbocycles. The Kier molecular flexibility index (Phi) is 4.94. The van der Waals surface area contributed by atoms with Crippen LogP contribution in [-0.4, -0.2) is 28.4 Å². The maximum Gasteiger partial charge on any atom is 0.234 e. The van der Waals surface area contributed by atoms with Crippen LogP contribution in [0.2, 0.25) is 0 Å². The fourth-order valence-electron chi connectivity index (χ4n) is 2.46. The van der Waals surface area contributed by atoms with Crippen LogP contribution in [0.1, 0.15) is 24.5 Å². The summed E-state index contributed by atoms with van der Waals surface area (Å²) in [6, 6.07) is 6.21. The van der Waals surface area contributed by atoms with E-state index >= 15 is 0 Å². The van der Waals surface area contributed by atoms with Crippen molar-refractivity contribution in [2.75, 3.05) is 22.9 Å². The molecule has 0 unspecified atom stereocenters. The molecular formula is C15H18N4OS2. The van der Waals surface area contributed by atoms with Gasteiger partial charge in [-0.15, -0.1) is 10.2 Å². The van der Waals surface area contributed by atoms with Crippen LogP contribution in [0.25, 0.3) is 0 Å². The Labute approximate surface area is 137 Å². The van der Waals surface area contributed by atoms with Gasteiger partial charge in [0.1, 0.15) is 0 Å². The molecule has 0 atom stereocenters. The smallest absolute Gasteiger partial charge is 0.234 e. The second kappa shape index (κ2) is 7.11. The van der Waals surface area contributed by atoms with Crippen LogP contribution in [0.15, 0.2) is 22.5 Å². The lowest BCUT2D eigenvalue weighted by Crippen LogP contribution is -2.14. The maximum atomic E-state index is 12.0. The molecule has 3 rings (SSSR count). The zero-order valence-electron chi connectivity index (χ0n) is 12.4. The van der Waals surface area contributed by atoms with Gasteiger partial charge >= 0.3 is 0 Å². The first-order valence-electron chi connectivity index (χ1n) is 7.36. The lowest BCUT2D eigenvalue weighted by Gasteiger charge is -2.06. The Bertz CT molecular complexity index is 671. The number of hydrogen-bond donors (Lipinski definition) is 2. The molecule has 0 saturated heterocycles. The number of benzene rings is 1. The van der Waals surface area contributed by atoms with Gasteiger partial charge < -0.3 is 10.6 Å². The molecule has 7 heteroatoms. The van der Waals surface area contributed by atoms with Gasteiger partial charge in [-0.25, -0.2) is 0 Å². The molecule has 1 aliphatic carbocycles. The highest BCUT2D eigenvalue weighted by Crippen LogP contribution is 2.27. The van der Waals surface area contributed by atoms with Gasteiger partial charge in [0.2, 0.25) is 11.0 Å². The zero-order chi connectivity index (χ0) is 15.4. The molecule has 0 bridgehead atoms. The lowest BCUT2D eigenvalue weighted by atomic mass is 10.1. The average molecular weight is 334 g/mol. The summed E-state index contributed by atoms with van der Waals surface area (Å²) < 4.78 is 0.806. The predicted molar refractivity (Wildman–Crippen MR) is 91.9 cm³/mol. The minimum atomic E-state index is -0.0110. The molecule has 0 aliphatic heterocycles. The predicted octanol–water partition coefficient (Wildman–Crippen LogP) is 3.19. The number of thioether (sulfide) groups is 1. The summed E-state index contributed by atoms with van der Waals surface area (Å²) in [5.74, 6) is 0.334. The molecule has 2 aromatic rings. The number of carbonyl (C=O) groups excluding carboxylic acids is 1. The number of aryl methyl sites for hydroxylation is 2. The molecule has 0 fully saturated rings. The summed E-state index contributed by atoms with van der Waals surface area (Å²) in [7, 11) is 0. The van der Waals surface area contributed by atoms with Crippen molar-refractivity contribution >= 4 is 39.8 Å². The monoisotopic (exact) mass is 334 g/mol. The van der Waals surface area contributed by atoms with E-state index in [2.05, 4.69) is 33.0 Å². The number of amides is 1. The van der Waals surface area contributed by atoms with Gasteiger partial charge in [0.05, 0.1) is 5.75 Å². The van der Waals surface area contributed by atoms with Crippen LogP contribution in [0, 0.1) is 0 Å². The van der Waals surface area contributed by atoms with Crippen LogP contribution in [0.4, 0.5) is 10.8 Å². The van der Waals surface area contributed by atoms with Gasteiger partial charge in [0.25, 0.3) is 0 Å². The largest absolute Gasteiger partial charge is 0.360 e. The SMILES string of the molecule is CCNc1nnc(SCC(=O)Nc2ccc3c(c2)CCC3)s1. The highest BCUT2D eigenvalue weighted by atomic mass is 32.2. The van der Waals surface area contributed by atoms with Gasteiger partial charge in [-0.05, 0) is 49.4 Å². The third-order valence-corrected chi connectivity index (χ3v) is 5.46. The number of anilines is 2. The summed E-state index contributed by atoms with van der Waals surface area (Å²) in [6.45, 7) is 2.83. The van der Waals surface area contributed by atoms with Gasteiger partial charge in [0, 0.05) is 12.2 Å². The summed E-state index contributed by atoms with van der Waals surface area (Å²) in [4.78, 5) is 12.0. The molecule has 0 radical (unpaired) electrons. The van der Waals surface area contributed by atoms with E-state index in [1.165, 1.54) is 40.6 Å². The highest BCUT2D eigenvalue weighted by Gasteiger charge is 2.12. The van der Waals surface area contributed by atoms with E-state index in [9.17, 15) is 4.79 Å².